The van der Waals surface area contributed by atoms with Gasteiger partial charge >= 0.3 is 5.97 Å². The Morgan fingerprint density at radius 2 is 1.74 bits per heavy atom. The molecule has 0 aliphatic heterocycles. The molecule has 27 heavy (non-hydrogen) atoms. The molecule has 1 amide bonds. The molecular formula is C18H18Cl2N2O5. The van der Waals surface area contributed by atoms with Crippen LogP contribution in [0.3, 0.4) is 0 Å². The van der Waals surface area contributed by atoms with Crippen molar-refractivity contribution in [1.82, 2.24) is 4.98 Å². The van der Waals surface area contributed by atoms with E-state index in [0.29, 0.717) is 30.4 Å². The molecule has 1 heterocycles. The fourth-order valence-electron chi connectivity index (χ4n) is 2.09. The number of carbonyl (C=O) groups excluding carboxylic acids is 2. The van der Waals surface area contributed by atoms with Gasteiger partial charge in [0.15, 0.2) is 23.8 Å². The molecular weight excluding hydrogens is 395 g/mol. The van der Waals surface area contributed by atoms with E-state index in [1.54, 1.807) is 18.2 Å². The number of carbonyl (C=O) groups is 2. The summed E-state index contributed by atoms with van der Waals surface area (Å²) < 4.78 is 15.9. The topological polar surface area (TPSA) is 86.8 Å². The second-order valence-corrected chi connectivity index (χ2v) is 5.91. The zero-order valence-corrected chi connectivity index (χ0v) is 16.3. The lowest BCUT2D eigenvalue weighted by molar-refractivity contribution is -0.119. The summed E-state index contributed by atoms with van der Waals surface area (Å²) in [5.41, 5.74) is 0.318. The lowest BCUT2D eigenvalue weighted by Crippen LogP contribution is -2.21. The van der Waals surface area contributed by atoms with Crippen LogP contribution >= 0.6 is 23.2 Å². The zero-order valence-electron chi connectivity index (χ0n) is 14.8. The van der Waals surface area contributed by atoms with Crippen molar-refractivity contribution in [3.8, 4) is 11.5 Å². The number of rotatable bonds is 8. The number of nitrogens with one attached hydrogen (secondary N) is 1. The van der Waals surface area contributed by atoms with Crippen LogP contribution in [-0.2, 0) is 9.53 Å². The van der Waals surface area contributed by atoms with Gasteiger partial charge in [0.2, 0.25) is 0 Å². The van der Waals surface area contributed by atoms with E-state index < -0.39 is 18.5 Å². The highest BCUT2D eigenvalue weighted by molar-refractivity contribution is 6.34. The molecule has 0 radical (unpaired) electrons. The monoisotopic (exact) mass is 412 g/mol. The van der Waals surface area contributed by atoms with Crippen molar-refractivity contribution in [3.05, 3.63) is 46.2 Å². The summed E-state index contributed by atoms with van der Waals surface area (Å²) in [6.45, 7) is 4.13. The molecule has 1 aromatic heterocycles. The van der Waals surface area contributed by atoms with Crippen LogP contribution in [0, 0.1) is 0 Å². The molecule has 0 bridgehead atoms. The van der Waals surface area contributed by atoms with Crippen LogP contribution in [-0.4, -0.2) is 36.7 Å². The summed E-state index contributed by atoms with van der Waals surface area (Å²) in [6.07, 6.45) is 0. The Labute approximate surface area is 166 Å². The van der Waals surface area contributed by atoms with E-state index in [1.807, 2.05) is 13.8 Å². The summed E-state index contributed by atoms with van der Waals surface area (Å²) >= 11 is 11.6. The Morgan fingerprint density at radius 3 is 2.44 bits per heavy atom. The molecule has 9 heteroatoms. The third kappa shape index (κ3) is 6.01. The molecule has 2 rings (SSSR count). The van der Waals surface area contributed by atoms with Crippen molar-refractivity contribution in [2.75, 3.05) is 25.1 Å². The zero-order chi connectivity index (χ0) is 19.8. The standard InChI is InChI=1S/C18H18Cl2N2O5/c1-3-25-13-7-5-11(9-14(13)26-4-2)21-16(23)10-27-18(24)17-12(19)6-8-15(20)22-17/h5-9H,3-4,10H2,1-2H3,(H,21,23). The van der Waals surface area contributed by atoms with Gasteiger partial charge in [0, 0.05) is 11.8 Å². The number of esters is 1. The van der Waals surface area contributed by atoms with E-state index in [0.717, 1.165) is 0 Å². The van der Waals surface area contributed by atoms with Crippen LogP contribution < -0.4 is 14.8 Å². The number of ether oxygens (including phenoxy) is 3. The highest BCUT2D eigenvalue weighted by Gasteiger charge is 2.16. The molecule has 2 aromatic rings. The number of anilines is 1. The molecule has 1 N–H and O–H groups in total. The molecule has 0 aliphatic rings. The Bertz CT molecular complexity index is 829. The van der Waals surface area contributed by atoms with Crippen molar-refractivity contribution in [2.24, 2.45) is 0 Å². The Balaban J connectivity index is 1.98. The second-order valence-electron chi connectivity index (χ2n) is 5.12. The van der Waals surface area contributed by atoms with Gasteiger partial charge in [-0.15, -0.1) is 0 Å². The molecule has 0 fully saturated rings. The van der Waals surface area contributed by atoms with Crippen molar-refractivity contribution in [3.63, 3.8) is 0 Å². The fourth-order valence-corrected chi connectivity index (χ4v) is 2.42. The number of nitrogens with zero attached hydrogens (tertiary/aromatic N) is 1. The summed E-state index contributed by atoms with van der Waals surface area (Å²) in [7, 11) is 0. The number of hydrogen-bond donors (Lipinski definition) is 1. The molecule has 0 saturated heterocycles. The fraction of sp³-hybridized carbons (Fsp3) is 0.278. The lowest BCUT2D eigenvalue weighted by atomic mass is 10.2. The molecule has 0 atom stereocenters. The van der Waals surface area contributed by atoms with Gasteiger partial charge in [0.1, 0.15) is 5.15 Å². The van der Waals surface area contributed by atoms with Gasteiger partial charge in [-0.3, -0.25) is 4.79 Å². The highest BCUT2D eigenvalue weighted by atomic mass is 35.5. The average molecular weight is 413 g/mol. The number of benzene rings is 1. The van der Waals surface area contributed by atoms with Gasteiger partial charge in [-0.1, -0.05) is 23.2 Å². The smallest absolute Gasteiger partial charge is 0.359 e. The maximum Gasteiger partial charge on any atom is 0.359 e. The van der Waals surface area contributed by atoms with Gasteiger partial charge in [0.25, 0.3) is 5.91 Å². The van der Waals surface area contributed by atoms with Gasteiger partial charge in [-0.25, -0.2) is 9.78 Å². The number of amides is 1. The highest BCUT2D eigenvalue weighted by Crippen LogP contribution is 2.30. The van der Waals surface area contributed by atoms with E-state index in [9.17, 15) is 9.59 Å². The normalized spacial score (nSPS) is 10.2. The predicted octanol–water partition coefficient (Wildman–Crippen LogP) is 3.98. The van der Waals surface area contributed by atoms with Crippen LogP contribution in [0.4, 0.5) is 5.69 Å². The first-order valence-electron chi connectivity index (χ1n) is 8.13. The summed E-state index contributed by atoms with van der Waals surface area (Å²) in [6, 6.07) is 7.83. The third-order valence-corrected chi connectivity index (χ3v) is 3.68. The Kier molecular flexibility index (Phi) is 7.69. The van der Waals surface area contributed by atoms with Gasteiger partial charge in [0.05, 0.1) is 18.2 Å². The van der Waals surface area contributed by atoms with Crippen molar-refractivity contribution >= 4 is 40.8 Å². The minimum atomic E-state index is -0.848. The van der Waals surface area contributed by atoms with Crippen LogP contribution in [0.1, 0.15) is 24.3 Å². The Morgan fingerprint density at radius 1 is 1.04 bits per heavy atom. The maximum absolute atomic E-state index is 12.0. The molecule has 0 aliphatic carbocycles. The quantitative estimate of drug-likeness (QED) is 0.521. The van der Waals surface area contributed by atoms with E-state index in [4.69, 9.17) is 37.4 Å². The summed E-state index contributed by atoms with van der Waals surface area (Å²) in [5, 5.41) is 2.78. The van der Waals surface area contributed by atoms with Crippen molar-refractivity contribution in [2.45, 2.75) is 13.8 Å². The van der Waals surface area contributed by atoms with Gasteiger partial charge in [-0.2, -0.15) is 0 Å². The number of halogens is 2. The van der Waals surface area contributed by atoms with Crippen LogP contribution in [0.5, 0.6) is 11.5 Å². The summed E-state index contributed by atoms with van der Waals surface area (Å²) in [4.78, 5) is 27.8. The van der Waals surface area contributed by atoms with Crippen LogP contribution in [0.15, 0.2) is 30.3 Å². The first-order valence-corrected chi connectivity index (χ1v) is 8.88. The minimum Gasteiger partial charge on any atom is -0.490 e. The SMILES string of the molecule is CCOc1ccc(NC(=O)COC(=O)c2nc(Cl)ccc2Cl)cc1OCC. The predicted molar refractivity (Wildman–Crippen MR) is 102 cm³/mol. The number of pyridine rings is 1. The van der Waals surface area contributed by atoms with E-state index in [1.165, 1.54) is 12.1 Å². The molecule has 0 spiro atoms. The molecule has 0 saturated carbocycles. The van der Waals surface area contributed by atoms with Crippen LogP contribution in [0.25, 0.3) is 0 Å². The van der Waals surface area contributed by atoms with Crippen molar-refractivity contribution < 1.29 is 23.8 Å². The minimum absolute atomic E-state index is 0.0812. The summed E-state index contributed by atoms with van der Waals surface area (Å²) in [5.74, 6) is -0.304. The number of hydrogen-bond acceptors (Lipinski definition) is 6. The molecule has 144 valence electrons. The lowest BCUT2D eigenvalue weighted by Gasteiger charge is -2.13. The van der Waals surface area contributed by atoms with Gasteiger partial charge < -0.3 is 19.5 Å². The maximum atomic E-state index is 12.0. The van der Waals surface area contributed by atoms with Crippen LogP contribution in [0.2, 0.25) is 10.2 Å². The molecule has 7 nitrogen and oxygen atoms in total. The first kappa shape index (κ1) is 20.8. The van der Waals surface area contributed by atoms with E-state index in [-0.39, 0.29) is 15.9 Å². The second kappa shape index (κ2) is 9.99. The molecule has 1 aromatic carbocycles. The Hall–Kier alpha value is -2.51. The molecule has 0 unspecified atom stereocenters. The van der Waals surface area contributed by atoms with E-state index >= 15 is 0 Å². The van der Waals surface area contributed by atoms with E-state index in [2.05, 4.69) is 10.3 Å². The van der Waals surface area contributed by atoms with Gasteiger partial charge in [-0.05, 0) is 38.1 Å². The average Bonchev–Trinajstić information content (AvgIpc) is 2.64. The van der Waals surface area contributed by atoms with Crippen molar-refractivity contribution in [1.29, 1.82) is 0 Å². The first-order chi connectivity index (χ1) is 12.9. The number of aromatic nitrogens is 1. The largest absolute Gasteiger partial charge is 0.490 e. The third-order valence-electron chi connectivity index (χ3n) is 3.17.